The largest absolute Gasteiger partial charge is 0.464 e. The molecule has 0 unspecified atom stereocenters. The molecule has 0 aliphatic carbocycles. The standard InChI is InChI=1S/C10H21NO2/c1-4-10(12)13-8-7-11-6-5-9(2)3/h9,11H,4-8H2,1-3H3. The van der Waals surface area contributed by atoms with Crippen molar-refractivity contribution in [3.63, 3.8) is 0 Å². The molecule has 78 valence electrons. The molecule has 0 spiro atoms. The summed E-state index contributed by atoms with van der Waals surface area (Å²) in [7, 11) is 0. The lowest BCUT2D eigenvalue weighted by Crippen LogP contribution is -2.23. The van der Waals surface area contributed by atoms with Crippen LogP contribution in [0.25, 0.3) is 0 Å². The van der Waals surface area contributed by atoms with Gasteiger partial charge in [0.1, 0.15) is 6.61 Å². The maximum atomic E-state index is 10.7. The molecule has 1 N–H and O–H groups in total. The van der Waals surface area contributed by atoms with Gasteiger partial charge in [-0.25, -0.2) is 0 Å². The van der Waals surface area contributed by atoms with Crippen LogP contribution in [0.5, 0.6) is 0 Å². The van der Waals surface area contributed by atoms with Gasteiger partial charge in [-0.3, -0.25) is 4.79 Å². The van der Waals surface area contributed by atoms with Gasteiger partial charge in [0.25, 0.3) is 0 Å². The van der Waals surface area contributed by atoms with Crippen LogP contribution in [0.1, 0.15) is 33.6 Å². The molecule has 0 radical (unpaired) electrons. The maximum absolute atomic E-state index is 10.7. The van der Waals surface area contributed by atoms with E-state index >= 15 is 0 Å². The topological polar surface area (TPSA) is 38.3 Å². The van der Waals surface area contributed by atoms with Crippen molar-refractivity contribution in [3.05, 3.63) is 0 Å². The van der Waals surface area contributed by atoms with E-state index in [9.17, 15) is 4.79 Å². The molecule has 0 rings (SSSR count). The summed E-state index contributed by atoms with van der Waals surface area (Å²) in [4.78, 5) is 10.7. The van der Waals surface area contributed by atoms with E-state index in [2.05, 4.69) is 19.2 Å². The third-order valence-electron chi connectivity index (χ3n) is 1.73. The van der Waals surface area contributed by atoms with E-state index in [1.807, 2.05) is 0 Å². The summed E-state index contributed by atoms with van der Waals surface area (Å²) in [5.41, 5.74) is 0. The highest BCUT2D eigenvalue weighted by atomic mass is 16.5. The second-order valence-corrected chi connectivity index (χ2v) is 3.51. The number of rotatable bonds is 7. The SMILES string of the molecule is CCC(=O)OCCNCCC(C)C. The van der Waals surface area contributed by atoms with Crippen LogP contribution in [0.15, 0.2) is 0 Å². The molecule has 0 bridgehead atoms. The van der Waals surface area contributed by atoms with Crippen LogP contribution in [0, 0.1) is 5.92 Å². The summed E-state index contributed by atoms with van der Waals surface area (Å²) < 4.78 is 4.90. The Morgan fingerprint density at radius 1 is 1.38 bits per heavy atom. The van der Waals surface area contributed by atoms with Crippen LogP contribution in [0.2, 0.25) is 0 Å². The molecule has 0 aromatic rings. The maximum Gasteiger partial charge on any atom is 0.305 e. The minimum absolute atomic E-state index is 0.120. The molecule has 0 atom stereocenters. The summed E-state index contributed by atoms with van der Waals surface area (Å²) in [6.45, 7) is 8.44. The van der Waals surface area contributed by atoms with Crippen LogP contribution >= 0.6 is 0 Å². The second kappa shape index (κ2) is 8.05. The van der Waals surface area contributed by atoms with Crippen molar-refractivity contribution >= 4 is 5.97 Å². The van der Waals surface area contributed by atoms with E-state index in [1.165, 1.54) is 6.42 Å². The second-order valence-electron chi connectivity index (χ2n) is 3.51. The van der Waals surface area contributed by atoms with Crippen molar-refractivity contribution in [2.24, 2.45) is 5.92 Å². The van der Waals surface area contributed by atoms with Crippen molar-refractivity contribution in [1.82, 2.24) is 5.32 Å². The van der Waals surface area contributed by atoms with E-state index in [1.54, 1.807) is 6.92 Å². The van der Waals surface area contributed by atoms with E-state index in [-0.39, 0.29) is 5.97 Å². The van der Waals surface area contributed by atoms with E-state index in [4.69, 9.17) is 4.74 Å². The fourth-order valence-electron chi connectivity index (χ4n) is 0.855. The number of carbonyl (C=O) groups is 1. The minimum atomic E-state index is -0.120. The number of esters is 1. The Hall–Kier alpha value is -0.570. The number of hydrogen-bond acceptors (Lipinski definition) is 3. The molecule has 0 aliphatic rings. The van der Waals surface area contributed by atoms with Crippen LogP contribution in [0.4, 0.5) is 0 Å². The summed E-state index contributed by atoms with van der Waals surface area (Å²) >= 11 is 0. The molecule has 0 saturated carbocycles. The molecule has 0 heterocycles. The number of carbonyl (C=O) groups excluding carboxylic acids is 1. The lowest BCUT2D eigenvalue weighted by Gasteiger charge is -2.07. The van der Waals surface area contributed by atoms with Crippen molar-refractivity contribution in [2.45, 2.75) is 33.6 Å². The highest BCUT2D eigenvalue weighted by Gasteiger charge is 1.97. The molecule has 0 saturated heterocycles. The summed E-state index contributed by atoms with van der Waals surface area (Å²) in [5, 5.41) is 3.22. The van der Waals surface area contributed by atoms with Gasteiger partial charge in [0.05, 0.1) is 0 Å². The Balaban J connectivity index is 3.04. The summed E-state index contributed by atoms with van der Waals surface area (Å²) in [6.07, 6.45) is 1.63. The first-order valence-corrected chi connectivity index (χ1v) is 5.03. The fraction of sp³-hybridized carbons (Fsp3) is 0.900. The van der Waals surface area contributed by atoms with E-state index in [0.717, 1.165) is 19.0 Å². The first-order valence-electron chi connectivity index (χ1n) is 5.03. The van der Waals surface area contributed by atoms with Gasteiger partial charge in [-0.15, -0.1) is 0 Å². The van der Waals surface area contributed by atoms with E-state index in [0.29, 0.717) is 13.0 Å². The quantitative estimate of drug-likeness (QED) is 0.485. The van der Waals surface area contributed by atoms with Gasteiger partial charge in [-0.1, -0.05) is 20.8 Å². The molecule has 0 aromatic carbocycles. The zero-order valence-electron chi connectivity index (χ0n) is 8.93. The zero-order valence-corrected chi connectivity index (χ0v) is 8.93. The number of nitrogens with one attached hydrogen (secondary N) is 1. The highest BCUT2D eigenvalue weighted by molar-refractivity contribution is 5.68. The lowest BCUT2D eigenvalue weighted by atomic mass is 10.1. The average Bonchev–Trinajstić information content (AvgIpc) is 2.10. The molecule has 0 aliphatic heterocycles. The number of ether oxygens (including phenoxy) is 1. The minimum Gasteiger partial charge on any atom is -0.464 e. The van der Waals surface area contributed by atoms with Crippen molar-refractivity contribution in [1.29, 1.82) is 0 Å². The molecular formula is C10H21NO2. The predicted molar refractivity (Wildman–Crippen MR) is 53.6 cm³/mol. The van der Waals surface area contributed by atoms with Crippen molar-refractivity contribution in [3.8, 4) is 0 Å². The molecule has 0 aromatic heterocycles. The zero-order chi connectivity index (χ0) is 10.1. The highest BCUT2D eigenvalue weighted by Crippen LogP contribution is 1.95. The molecule has 0 fully saturated rings. The van der Waals surface area contributed by atoms with Gasteiger partial charge >= 0.3 is 5.97 Å². The molecule has 13 heavy (non-hydrogen) atoms. The third-order valence-corrected chi connectivity index (χ3v) is 1.73. The summed E-state index contributed by atoms with van der Waals surface area (Å²) in [6, 6.07) is 0. The Morgan fingerprint density at radius 2 is 2.08 bits per heavy atom. The van der Waals surface area contributed by atoms with Gasteiger partial charge in [0, 0.05) is 13.0 Å². The Labute approximate surface area is 80.8 Å². The van der Waals surface area contributed by atoms with Gasteiger partial charge in [0.15, 0.2) is 0 Å². The van der Waals surface area contributed by atoms with Crippen LogP contribution in [-0.4, -0.2) is 25.7 Å². The molecule has 3 nitrogen and oxygen atoms in total. The van der Waals surface area contributed by atoms with Crippen molar-refractivity contribution in [2.75, 3.05) is 19.7 Å². The monoisotopic (exact) mass is 187 g/mol. The van der Waals surface area contributed by atoms with Gasteiger partial charge < -0.3 is 10.1 Å². The Kier molecular flexibility index (Phi) is 7.69. The normalized spacial score (nSPS) is 10.5. The summed E-state index contributed by atoms with van der Waals surface area (Å²) in [5.74, 6) is 0.608. The van der Waals surface area contributed by atoms with Gasteiger partial charge in [-0.05, 0) is 18.9 Å². The smallest absolute Gasteiger partial charge is 0.305 e. The lowest BCUT2D eigenvalue weighted by molar-refractivity contribution is -0.143. The Morgan fingerprint density at radius 3 is 2.62 bits per heavy atom. The van der Waals surface area contributed by atoms with Crippen LogP contribution in [-0.2, 0) is 9.53 Å². The van der Waals surface area contributed by atoms with Crippen LogP contribution < -0.4 is 5.32 Å². The third kappa shape index (κ3) is 9.34. The predicted octanol–water partition coefficient (Wildman–Crippen LogP) is 1.58. The first-order chi connectivity index (χ1) is 6.16. The molecular weight excluding hydrogens is 166 g/mol. The molecule has 3 heteroatoms. The first kappa shape index (κ1) is 12.4. The van der Waals surface area contributed by atoms with Gasteiger partial charge in [0.2, 0.25) is 0 Å². The van der Waals surface area contributed by atoms with Gasteiger partial charge in [-0.2, -0.15) is 0 Å². The van der Waals surface area contributed by atoms with E-state index < -0.39 is 0 Å². The van der Waals surface area contributed by atoms with Crippen LogP contribution in [0.3, 0.4) is 0 Å². The Bertz CT molecular complexity index is 135. The number of hydrogen-bond donors (Lipinski definition) is 1. The molecule has 0 amide bonds. The fourth-order valence-corrected chi connectivity index (χ4v) is 0.855. The van der Waals surface area contributed by atoms with Crippen molar-refractivity contribution < 1.29 is 9.53 Å². The average molecular weight is 187 g/mol.